The maximum absolute atomic E-state index is 12.9. The molecule has 1 fully saturated rings. The molecule has 1 aliphatic heterocycles. The van der Waals surface area contributed by atoms with E-state index in [9.17, 15) is 9.59 Å². The highest BCUT2D eigenvalue weighted by Gasteiger charge is 2.35. The van der Waals surface area contributed by atoms with Crippen LogP contribution < -0.4 is 14.2 Å². The molecular weight excluding hydrogens is 613 g/mol. The monoisotopic (exact) mass is 635 g/mol. The number of amides is 2. The molecule has 3 aromatic carbocycles. The largest absolute Gasteiger partial charge is 0.492 e. The van der Waals surface area contributed by atoms with Gasteiger partial charge >= 0.3 is 0 Å². The van der Waals surface area contributed by atoms with Gasteiger partial charge in [0.1, 0.15) is 19.0 Å². The van der Waals surface area contributed by atoms with Crippen molar-refractivity contribution in [2.24, 2.45) is 0 Å². The average molecular weight is 636 g/mol. The van der Waals surface area contributed by atoms with E-state index >= 15 is 0 Å². The number of halogens is 2. The van der Waals surface area contributed by atoms with Crippen molar-refractivity contribution in [3.63, 3.8) is 0 Å². The first-order valence-electron chi connectivity index (χ1n) is 11.2. The molecule has 0 aromatic heterocycles. The SMILES string of the molecule is CCOc1cc(/C=C2\SC(=O)N(CCOc3ccccc3)C2=O)cc(I)c1OCc1ccc(Cl)cc1. The zero-order chi connectivity index (χ0) is 25.5. The van der Waals surface area contributed by atoms with Gasteiger partial charge in [0.05, 0.1) is 21.6 Å². The first-order chi connectivity index (χ1) is 17.4. The Bertz CT molecular complexity index is 1270. The Kier molecular flexibility index (Phi) is 9.17. The zero-order valence-electron chi connectivity index (χ0n) is 19.4. The summed E-state index contributed by atoms with van der Waals surface area (Å²) in [5.41, 5.74) is 1.72. The van der Waals surface area contributed by atoms with Crippen molar-refractivity contribution in [2.75, 3.05) is 19.8 Å². The highest BCUT2D eigenvalue weighted by atomic mass is 127. The lowest BCUT2D eigenvalue weighted by Crippen LogP contribution is -2.32. The number of hydrogen-bond acceptors (Lipinski definition) is 6. The second-order valence-electron chi connectivity index (χ2n) is 7.67. The zero-order valence-corrected chi connectivity index (χ0v) is 23.1. The van der Waals surface area contributed by atoms with E-state index in [1.54, 1.807) is 6.08 Å². The van der Waals surface area contributed by atoms with Gasteiger partial charge in [-0.05, 0) is 94.9 Å². The van der Waals surface area contributed by atoms with Crippen LogP contribution in [0.1, 0.15) is 18.1 Å². The maximum atomic E-state index is 12.9. The lowest BCUT2D eigenvalue weighted by molar-refractivity contribution is -0.123. The summed E-state index contributed by atoms with van der Waals surface area (Å²) < 4.78 is 18.4. The average Bonchev–Trinajstić information content (AvgIpc) is 3.13. The van der Waals surface area contributed by atoms with Crippen LogP contribution in [-0.2, 0) is 11.4 Å². The molecule has 1 heterocycles. The minimum atomic E-state index is -0.335. The summed E-state index contributed by atoms with van der Waals surface area (Å²) in [4.78, 5) is 26.9. The van der Waals surface area contributed by atoms with E-state index in [1.165, 1.54) is 4.90 Å². The normalized spacial score (nSPS) is 14.4. The maximum Gasteiger partial charge on any atom is 0.293 e. The molecule has 186 valence electrons. The standard InChI is InChI=1S/C27H23ClINO5S/c1-2-33-23-15-19(14-22(29)25(23)35-17-18-8-10-20(28)11-9-18)16-24-26(31)30(27(32)36-24)12-13-34-21-6-4-3-5-7-21/h3-11,14-16H,2,12-13,17H2,1H3/b24-16-. The molecule has 0 N–H and O–H groups in total. The van der Waals surface area contributed by atoms with Crippen LogP contribution in [0.4, 0.5) is 4.79 Å². The number of imide groups is 1. The predicted molar refractivity (Wildman–Crippen MR) is 151 cm³/mol. The molecule has 0 bridgehead atoms. The Morgan fingerprint density at radius 2 is 1.75 bits per heavy atom. The van der Waals surface area contributed by atoms with Crippen molar-refractivity contribution < 1.29 is 23.8 Å². The molecule has 1 aliphatic rings. The molecule has 36 heavy (non-hydrogen) atoms. The van der Waals surface area contributed by atoms with Gasteiger partial charge in [-0.15, -0.1) is 0 Å². The molecule has 0 unspecified atom stereocenters. The second kappa shape index (κ2) is 12.5. The minimum Gasteiger partial charge on any atom is -0.492 e. The number of para-hydroxylation sites is 1. The van der Waals surface area contributed by atoms with Crippen LogP contribution in [0.25, 0.3) is 6.08 Å². The summed E-state index contributed by atoms with van der Waals surface area (Å²) in [5, 5.41) is 0.353. The molecule has 0 aliphatic carbocycles. The van der Waals surface area contributed by atoms with Crippen molar-refractivity contribution >= 4 is 63.2 Å². The van der Waals surface area contributed by atoms with E-state index in [0.29, 0.717) is 40.4 Å². The van der Waals surface area contributed by atoms with Crippen molar-refractivity contribution in [3.8, 4) is 17.2 Å². The first kappa shape index (κ1) is 26.4. The van der Waals surface area contributed by atoms with Gasteiger partial charge in [0.2, 0.25) is 0 Å². The molecule has 0 radical (unpaired) electrons. The van der Waals surface area contributed by atoms with Crippen molar-refractivity contribution in [1.82, 2.24) is 4.90 Å². The topological polar surface area (TPSA) is 65.1 Å². The molecule has 6 nitrogen and oxygen atoms in total. The van der Waals surface area contributed by atoms with Crippen LogP contribution in [-0.4, -0.2) is 35.8 Å². The molecule has 2 amide bonds. The van der Waals surface area contributed by atoms with Crippen LogP contribution in [0.15, 0.2) is 71.6 Å². The number of nitrogens with zero attached hydrogens (tertiary/aromatic N) is 1. The van der Waals surface area contributed by atoms with Crippen molar-refractivity contribution in [2.45, 2.75) is 13.5 Å². The van der Waals surface area contributed by atoms with Gasteiger partial charge in [-0.1, -0.05) is 41.9 Å². The van der Waals surface area contributed by atoms with Gasteiger partial charge in [-0.3, -0.25) is 14.5 Å². The Morgan fingerprint density at radius 3 is 2.47 bits per heavy atom. The number of hydrogen-bond donors (Lipinski definition) is 0. The van der Waals surface area contributed by atoms with Crippen LogP contribution in [0, 0.1) is 3.57 Å². The summed E-state index contributed by atoms with van der Waals surface area (Å²) in [7, 11) is 0. The summed E-state index contributed by atoms with van der Waals surface area (Å²) in [6.45, 7) is 3.11. The molecule has 0 spiro atoms. The summed E-state index contributed by atoms with van der Waals surface area (Å²) in [6, 6.07) is 20.4. The molecule has 0 saturated carbocycles. The van der Waals surface area contributed by atoms with E-state index in [2.05, 4.69) is 22.6 Å². The Morgan fingerprint density at radius 1 is 1.00 bits per heavy atom. The smallest absolute Gasteiger partial charge is 0.293 e. The fourth-order valence-electron chi connectivity index (χ4n) is 3.43. The van der Waals surface area contributed by atoms with Gasteiger partial charge in [-0.2, -0.15) is 0 Å². The lowest BCUT2D eigenvalue weighted by atomic mass is 10.1. The van der Waals surface area contributed by atoms with Crippen LogP contribution in [0.5, 0.6) is 17.2 Å². The molecule has 0 atom stereocenters. The van der Waals surface area contributed by atoms with Crippen molar-refractivity contribution in [3.05, 3.63) is 91.4 Å². The molecule has 1 saturated heterocycles. The van der Waals surface area contributed by atoms with E-state index < -0.39 is 0 Å². The highest BCUT2D eigenvalue weighted by Crippen LogP contribution is 2.38. The number of ether oxygens (including phenoxy) is 3. The number of rotatable bonds is 10. The van der Waals surface area contributed by atoms with Crippen LogP contribution in [0.3, 0.4) is 0 Å². The summed E-state index contributed by atoms with van der Waals surface area (Å²) >= 11 is 9.06. The fraction of sp³-hybridized carbons (Fsp3) is 0.185. The Labute approximate surface area is 232 Å². The second-order valence-corrected chi connectivity index (χ2v) is 10.3. The third-order valence-corrected chi connectivity index (χ3v) is 7.09. The summed E-state index contributed by atoms with van der Waals surface area (Å²) in [6.07, 6.45) is 1.70. The van der Waals surface area contributed by atoms with Crippen LogP contribution >= 0.6 is 46.0 Å². The van der Waals surface area contributed by atoms with Crippen LogP contribution in [0.2, 0.25) is 5.02 Å². The number of carbonyl (C=O) groups is 2. The predicted octanol–water partition coefficient (Wildman–Crippen LogP) is 7.04. The van der Waals surface area contributed by atoms with Gasteiger partial charge < -0.3 is 14.2 Å². The first-order valence-corrected chi connectivity index (χ1v) is 13.5. The quantitative estimate of drug-likeness (QED) is 0.176. The summed E-state index contributed by atoms with van der Waals surface area (Å²) in [5.74, 6) is 1.55. The van der Waals surface area contributed by atoms with E-state index in [1.807, 2.05) is 73.7 Å². The van der Waals surface area contributed by atoms with Crippen molar-refractivity contribution in [1.29, 1.82) is 0 Å². The Balaban J connectivity index is 1.46. The minimum absolute atomic E-state index is 0.177. The van der Waals surface area contributed by atoms with Gasteiger partial charge in [0.15, 0.2) is 11.5 Å². The lowest BCUT2D eigenvalue weighted by Gasteiger charge is -2.15. The third-order valence-electron chi connectivity index (χ3n) is 5.13. The van der Waals surface area contributed by atoms with Gasteiger partial charge in [0.25, 0.3) is 11.1 Å². The highest BCUT2D eigenvalue weighted by molar-refractivity contribution is 14.1. The Hall–Kier alpha value is -2.69. The van der Waals surface area contributed by atoms with Gasteiger partial charge in [-0.25, -0.2) is 0 Å². The number of thioether (sulfide) groups is 1. The van der Waals surface area contributed by atoms with E-state index in [-0.39, 0.29) is 24.3 Å². The molecule has 3 aromatic rings. The number of carbonyl (C=O) groups excluding carboxylic acids is 2. The number of benzene rings is 3. The third kappa shape index (κ3) is 6.74. The van der Waals surface area contributed by atoms with E-state index in [0.717, 1.165) is 26.5 Å². The molecule has 4 rings (SSSR count). The van der Waals surface area contributed by atoms with Gasteiger partial charge in [0, 0.05) is 5.02 Å². The fourth-order valence-corrected chi connectivity index (χ4v) is 5.20. The van der Waals surface area contributed by atoms with E-state index in [4.69, 9.17) is 25.8 Å². The molecule has 9 heteroatoms. The molecular formula is C27H23ClINO5S.